The van der Waals surface area contributed by atoms with Gasteiger partial charge in [-0.25, -0.2) is 0 Å². The third-order valence-corrected chi connectivity index (χ3v) is 4.52. The highest BCUT2D eigenvalue weighted by Gasteiger charge is 2.19. The highest BCUT2D eigenvalue weighted by atomic mass is 79.9. The van der Waals surface area contributed by atoms with Crippen LogP contribution in [0.5, 0.6) is 5.75 Å². The molecule has 22 heavy (non-hydrogen) atoms. The van der Waals surface area contributed by atoms with Gasteiger partial charge in [0.25, 0.3) is 5.91 Å². The summed E-state index contributed by atoms with van der Waals surface area (Å²) in [5, 5.41) is 2.92. The molecule has 4 nitrogen and oxygen atoms in total. The summed E-state index contributed by atoms with van der Waals surface area (Å²) in [7, 11) is 0. The molecule has 1 aliphatic rings. The van der Waals surface area contributed by atoms with E-state index in [1.54, 1.807) is 12.1 Å². The number of carbonyl (C=O) groups is 1. The van der Waals surface area contributed by atoms with Crippen molar-refractivity contribution in [3.8, 4) is 5.75 Å². The number of furan rings is 1. The fourth-order valence-electron chi connectivity index (χ4n) is 2.31. The van der Waals surface area contributed by atoms with Crippen LogP contribution in [0.15, 0.2) is 45.3 Å². The van der Waals surface area contributed by atoms with Crippen LogP contribution in [0.2, 0.25) is 0 Å². The van der Waals surface area contributed by atoms with Crippen molar-refractivity contribution < 1.29 is 13.9 Å². The van der Waals surface area contributed by atoms with E-state index in [-0.39, 0.29) is 5.91 Å². The van der Waals surface area contributed by atoms with Crippen LogP contribution in [0.1, 0.15) is 35.6 Å². The lowest BCUT2D eigenvalue weighted by molar-refractivity contribution is 0.0907. The predicted octanol–water partition coefficient (Wildman–Crippen LogP) is 4.15. The van der Waals surface area contributed by atoms with Gasteiger partial charge in [0.1, 0.15) is 18.1 Å². The Morgan fingerprint density at radius 3 is 2.82 bits per heavy atom. The fourth-order valence-corrected chi connectivity index (χ4v) is 2.71. The molecule has 0 aliphatic heterocycles. The average molecular weight is 364 g/mol. The molecule has 1 aromatic heterocycles. The van der Waals surface area contributed by atoms with E-state index in [2.05, 4.69) is 21.2 Å². The smallest absolute Gasteiger partial charge is 0.287 e. The Morgan fingerprint density at radius 1 is 1.27 bits per heavy atom. The summed E-state index contributed by atoms with van der Waals surface area (Å²) in [5.41, 5.74) is 0. The van der Waals surface area contributed by atoms with Gasteiger partial charge in [-0.1, -0.05) is 18.6 Å². The third kappa shape index (κ3) is 3.71. The van der Waals surface area contributed by atoms with Gasteiger partial charge < -0.3 is 14.5 Å². The number of amides is 1. The Balaban J connectivity index is 1.52. The van der Waals surface area contributed by atoms with Crippen molar-refractivity contribution in [3.63, 3.8) is 0 Å². The Labute approximate surface area is 138 Å². The molecule has 0 radical (unpaired) electrons. The minimum atomic E-state index is -0.154. The number of benzene rings is 1. The predicted molar refractivity (Wildman–Crippen MR) is 86.9 cm³/mol. The SMILES string of the molecule is O=C(NCC1CCC1)c1ccc(COc2ccccc2Br)o1. The zero-order valence-corrected chi connectivity index (χ0v) is 13.8. The maximum absolute atomic E-state index is 12.0. The maximum Gasteiger partial charge on any atom is 0.287 e. The quantitative estimate of drug-likeness (QED) is 0.838. The number of hydrogen-bond donors (Lipinski definition) is 1. The summed E-state index contributed by atoms with van der Waals surface area (Å²) in [6.45, 7) is 1.03. The zero-order valence-electron chi connectivity index (χ0n) is 12.2. The van der Waals surface area contributed by atoms with Gasteiger partial charge in [0, 0.05) is 6.54 Å². The molecule has 1 heterocycles. The molecule has 1 fully saturated rings. The van der Waals surface area contributed by atoms with Gasteiger partial charge in [0.15, 0.2) is 5.76 Å². The number of halogens is 1. The van der Waals surface area contributed by atoms with Crippen molar-refractivity contribution in [2.75, 3.05) is 6.54 Å². The second-order valence-electron chi connectivity index (χ2n) is 5.49. The van der Waals surface area contributed by atoms with Crippen molar-refractivity contribution >= 4 is 21.8 Å². The highest BCUT2D eigenvalue weighted by Crippen LogP contribution is 2.26. The van der Waals surface area contributed by atoms with Gasteiger partial charge in [0.05, 0.1) is 4.47 Å². The zero-order chi connectivity index (χ0) is 15.4. The van der Waals surface area contributed by atoms with Gasteiger partial charge >= 0.3 is 0 Å². The van der Waals surface area contributed by atoms with E-state index in [4.69, 9.17) is 9.15 Å². The molecular weight excluding hydrogens is 346 g/mol. The van der Waals surface area contributed by atoms with Crippen molar-refractivity contribution in [3.05, 3.63) is 52.4 Å². The number of nitrogens with one attached hydrogen (secondary N) is 1. The molecule has 0 saturated heterocycles. The molecule has 116 valence electrons. The number of ether oxygens (including phenoxy) is 1. The number of para-hydroxylation sites is 1. The summed E-state index contributed by atoms with van der Waals surface area (Å²) < 4.78 is 12.1. The molecule has 1 N–H and O–H groups in total. The van der Waals surface area contributed by atoms with E-state index in [9.17, 15) is 4.79 Å². The normalized spacial score (nSPS) is 14.4. The maximum atomic E-state index is 12.0. The minimum absolute atomic E-state index is 0.154. The van der Waals surface area contributed by atoms with E-state index < -0.39 is 0 Å². The average Bonchev–Trinajstić information content (AvgIpc) is 2.93. The van der Waals surface area contributed by atoms with Gasteiger partial charge in [-0.3, -0.25) is 4.79 Å². The third-order valence-electron chi connectivity index (χ3n) is 3.87. The Kier molecular flexibility index (Phi) is 4.83. The second kappa shape index (κ2) is 7.01. The molecule has 0 unspecified atom stereocenters. The van der Waals surface area contributed by atoms with Gasteiger partial charge in [-0.05, 0) is 59.0 Å². The highest BCUT2D eigenvalue weighted by molar-refractivity contribution is 9.10. The van der Waals surface area contributed by atoms with E-state index in [1.165, 1.54) is 19.3 Å². The molecule has 3 rings (SSSR count). The molecule has 2 aromatic rings. The molecule has 1 saturated carbocycles. The second-order valence-corrected chi connectivity index (χ2v) is 6.35. The molecule has 1 aliphatic carbocycles. The first kappa shape index (κ1) is 15.2. The van der Waals surface area contributed by atoms with Crippen molar-refractivity contribution in [2.45, 2.75) is 25.9 Å². The summed E-state index contributed by atoms with van der Waals surface area (Å²) in [4.78, 5) is 12.0. The van der Waals surface area contributed by atoms with Crippen molar-refractivity contribution in [1.29, 1.82) is 0 Å². The van der Waals surface area contributed by atoms with Crippen LogP contribution >= 0.6 is 15.9 Å². The first-order chi connectivity index (χ1) is 10.7. The molecule has 0 spiro atoms. The van der Waals surface area contributed by atoms with E-state index in [0.717, 1.165) is 16.8 Å². The Bertz CT molecular complexity index is 649. The Hall–Kier alpha value is -1.75. The van der Waals surface area contributed by atoms with Crippen LogP contribution in [-0.4, -0.2) is 12.5 Å². The topological polar surface area (TPSA) is 51.5 Å². The molecular formula is C17H18BrNO3. The van der Waals surface area contributed by atoms with Gasteiger partial charge in [-0.2, -0.15) is 0 Å². The molecule has 1 aromatic carbocycles. The number of rotatable bonds is 6. The first-order valence-corrected chi connectivity index (χ1v) is 8.26. The summed E-state index contributed by atoms with van der Waals surface area (Å²) in [6, 6.07) is 11.1. The number of carbonyl (C=O) groups excluding carboxylic acids is 1. The van der Waals surface area contributed by atoms with Gasteiger partial charge in [-0.15, -0.1) is 0 Å². The minimum Gasteiger partial charge on any atom is -0.484 e. The van der Waals surface area contributed by atoms with Gasteiger partial charge in [0.2, 0.25) is 0 Å². The van der Waals surface area contributed by atoms with Crippen molar-refractivity contribution in [1.82, 2.24) is 5.32 Å². The van der Waals surface area contributed by atoms with Crippen LogP contribution in [0.4, 0.5) is 0 Å². The molecule has 0 atom stereocenters. The van der Waals surface area contributed by atoms with E-state index >= 15 is 0 Å². The first-order valence-electron chi connectivity index (χ1n) is 7.46. The lowest BCUT2D eigenvalue weighted by Gasteiger charge is -2.25. The summed E-state index contributed by atoms with van der Waals surface area (Å²) in [6.07, 6.45) is 3.70. The van der Waals surface area contributed by atoms with Crippen LogP contribution in [0.3, 0.4) is 0 Å². The van der Waals surface area contributed by atoms with E-state index in [0.29, 0.717) is 24.0 Å². The van der Waals surface area contributed by atoms with E-state index in [1.807, 2.05) is 24.3 Å². The lowest BCUT2D eigenvalue weighted by Crippen LogP contribution is -2.31. The largest absolute Gasteiger partial charge is 0.484 e. The van der Waals surface area contributed by atoms with Crippen molar-refractivity contribution in [2.24, 2.45) is 5.92 Å². The van der Waals surface area contributed by atoms with Crippen LogP contribution in [-0.2, 0) is 6.61 Å². The summed E-state index contributed by atoms with van der Waals surface area (Å²) >= 11 is 3.42. The van der Waals surface area contributed by atoms with Crippen LogP contribution in [0.25, 0.3) is 0 Å². The fraction of sp³-hybridized carbons (Fsp3) is 0.353. The lowest BCUT2D eigenvalue weighted by atomic mass is 9.85. The van der Waals surface area contributed by atoms with Crippen LogP contribution in [0, 0.1) is 5.92 Å². The molecule has 0 bridgehead atoms. The monoisotopic (exact) mass is 363 g/mol. The number of hydrogen-bond acceptors (Lipinski definition) is 3. The molecule has 1 amide bonds. The molecule has 5 heteroatoms. The van der Waals surface area contributed by atoms with Crippen LogP contribution < -0.4 is 10.1 Å². The standard InChI is InChI=1S/C17H18BrNO3/c18-14-6-1-2-7-15(14)21-11-13-8-9-16(22-13)17(20)19-10-12-4-3-5-12/h1-2,6-9,12H,3-5,10-11H2,(H,19,20). The Morgan fingerprint density at radius 2 is 2.09 bits per heavy atom. The summed E-state index contributed by atoms with van der Waals surface area (Å²) in [5.74, 6) is 2.20.